The number of hydrogen-bond donors (Lipinski definition) is 0. The summed E-state index contributed by atoms with van der Waals surface area (Å²) in [6, 6.07) is 0. The largest absolute Gasteiger partial charge is 0.462 e. The third-order valence-corrected chi connectivity index (χ3v) is 13.5. The van der Waals surface area contributed by atoms with Gasteiger partial charge in [-0.2, -0.15) is 0 Å². The zero-order valence-corrected chi connectivity index (χ0v) is 45.2. The quantitative estimate of drug-likeness (QED) is 0.0262. The molecule has 0 aromatic carbocycles. The lowest BCUT2D eigenvalue weighted by Crippen LogP contribution is -2.30. The first-order valence-corrected chi connectivity index (χ1v) is 29.8. The molecular formula is C61H114O6. The van der Waals surface area contributed by atoms with Crippen LogP contribution in [0.5, 0.6) is 0 Å². The predicted octanol–water partition coefficient (Wildman–Crippen LogP) is 19.9. The third kappa shape index (κ3) is 54.7. The Hall–Kier alpha value is -2.11. The molecule has 0 aliphatic heterocycles. The summed E-state index contributed by atoms with van der Waals surface area (Å²) in [6.07, 6.45) is 66.2. The van der Waals surface area contributed by atoms with E-state index in [0.29, 0.717) is 19.3 Å². The highest BCUT2D eigenvalue weighted by atomic mass is 16.6. The number of ether oxygens (including phenoxy) is 3. The van der Waals surface area contributed by atoms with E-state index in [0.717, 1.165) is 70.6 Å². The van der Waals surface area contributed by atoms with E-state index in [1.165, 1.54) is 218 Å². The molecule has 6 heteroatoms. The highest BCUT2D eigenvalue weighted by molar-refractivity contribution is 5.71. The average Bonchev–Trinajstić information content (AvgIpc) is 3.33. The fraction of sp³-hybridized carbons (Fsp3) is 0.885. The molecule has 6 nitrogen and oxygen atoms in total. The number of allylic oxidation sites excluding steroid dienone is 4. The van der Waals surface area contributed by atoms with Crippen molar-refractivity contribution in [3.63, 3.8) is 0 Å². The van der Waals surface area contributed by atoms with Crippen LogP contribution in [0.4, 0.5) is 0 Å². The highest BCUT2D eigenvalue weighted by Gasteiger charge is 2.19. The van der Waals surface area contributed by atoms with Gasteiger partial charge in [0.15, 0.2) is 6.10 Å². The Morgan fingerprint density at radius 1 is 0.299 bits per heavy atom. The molecule has 67 heavy (non-hydrogen) atoms. The van der Waals surface area contributed by atoms with E-state index in [-0.39, 0.29) is 31.1 Å². The molecule has 1 unspecified atom stereocenters. The molecule has 0 saturated heterocycles. The summed E-state index contributed by atoms with van der Waals surface area (Å²) in [6.45, 7) is 6.64. The molecule has 0 N–H and O–H groups in total. The van der Waals surface area contributed by atoms with Crippen molar-refractivity contribution in [1.29, 1.82) is 0 Å². The van der Waals surface area contributed by atoms with Crippen LogP contribution in [0.3, 0.4) is 0 Å². The van der Waals surface area contributed by atoms with E-state index in [4.69, 9.17) is 14.2 Å². The third-order valence-electron chi connectivity index (χ3n) is 13.5. The molecule has 0 radical (unpaired) electrons. The van der Waals surface area contributed by atoms with E-state index in [1.54, 1.807) is 0 Å². The Labute approximate surface area is 417 Å². The van der Waals surface area contributed by atoms with Gasteiger partial charge in [-0.1, -0.05) is 283 Å². The number of carbonyl (C=O) groups excluding carboxylic acids is 3. The maximum Gasteiger partial charge on any atom is 0.306 e. The molecule has 0 aromatic heterocycles. The second kappa shape index (κ2) is 56.5. The first kappa shape index (κ1) is 64.9. The molecule has 0 bridgehead atoms. The number of esters is 3. The van der Waals surface area contributed by atoms with Crippen molar-refractivity contribution in [3.05, 3.63) is 24.3 Å². The summed E-state index contributed by atoms with van der Waals surface area (Å²) >= 11 is 0. The Bertz CT molecular complexity index is 1080. The zero-order valence-electron chi connectivity index (χ0n) is 45.2. The van der Waals surface area contributed by atoms with Gasteiger partial charge in [-0.3, -0.25) is 14.4 Å². The summed E-state index contributed by atoms with van der Waals surface area (Å²) < 4.78 is 16.8. The molecule has 394 valence electrons. The highest BCUT2D eigenvalue weighted by Crippen LogP contribution is 2.17. The minimum atomic E-state index is -0.769. The molecule has 1 atom stereocenters. The van der Waals surface area contributed by atoms with Gasteiger partial charge in [0, 0.05) is 19.3 Å². The van der Waals surface area contributed by atoms with Gasteiger partial charge in [-0.05, 0) is 51.4 Å². The first-order chi connectivity index (χ1) is 33.0. The molecule has 0 amide bonds. The summed E-state index contributed by atoms with van der Waals surface area (Å²) in [5.41, 5.74) is 0. The molecule has 0 aliphatic carbocycles. The molecule has 0 aromatic rings. The monoisotopic (exact) mass is 943 g/mol. The van der Waals surface area contributed by atoms with Crippen LogP contribution in [0, 0.1) is 0 Å². The molecule has 0 heterocycles. The summed E-state index contributed by atoms with van der Waals surface area (Å²) in [5.74, 6) is -0.861. The average molecular weight is 944 g/mol. The number of hydrogen-bond acceptors (Lipinski definition) is 6. The summed E-state index contributed by atoms with van der Waals surface area (Å²) in [7, 11) is 0. The van der Waals surface area contributed by atoms with E-state index < -0.39 is 6.10 Å². The minimum Gasteiger partial charge on any atom is -0.462 e. The lowest BCUT2D eigenvalue weighted by atomic mass is 10.0. The van der Waals surface area contributed by atoms with Crippen LogP contribution in [-0.4, -0.2) is 37.2 Å². The van der Waals surface area contributed by atoms with Crippen LogP contribution < -0.4 is 0 Å². The van der Waals surface area contributed by atoms with Crippen molar-refractivity contribution in [1.82, 2.24) is 0 Å². The fourth-order valence-corrected chi connectivity index (χ4v) is 8.95. The smallest absolute Gasteiger partial charge is 0.306 e. The number of carbonyl (C=O) groups is 3. The Morgan fingerprint density at radius 2 is 0.537 bits per heavy atom. The second-order valence-electron chi connectivity index (χ2n) is 20.3. The maximum atomic E-state index is 12.8. The van der Waals surface area contributed by atoms with Gasteiger partial charge in [0.05, 0.1) is 0 Å². The second-order valence-corrected chi connectivity index (χ2v) is 20.3. The molecule has 0 spiro atoms. The number of rotatable bonds is 55. The summed E-state index contributed by atoms with van der Waals surface area (Å²) in [5, 5.41) is 0. The predicted molar refractivity (Wildman–Crippen MR) is 289 cm³/mol. The van der Waals surface area contributed by atoms with Crippen LogP contribution in [-0.2, 0) is 28.6 Å². The summed E-state index contributed by atoms with van der Waals surface area (Å²) in [4.78, 5) is 38.0. The van der Waals surface area contributed by atoms with Crippen molar-refractivity contribution in [2.45, 2.75) is 335 Å². The van der Waals surface area contributed by atoms with Gasteiger partial charge in [0.2, 0.25) is 0 Å². The first-order valence-electron chi connectivity index (χ1n) is 29.8. The fourth-order valence-electron chi connectivity index (χ4n) is 8.95. The molecular weight excluding hydrogens is 829 g/mol. The molecule has 0 aliphatic rings. The lowest BCUT2D eigenvalue weighted by Gasteiger charge is -2.18. The van der Waals surface area contributed by atoms with Gasteiger partial charge in [0.25, 0.3) is 0 Å². The van der Waals surface area contributed by atoms with Crippen molar-refractivity contribution in [2.75, 3.05) is 13.2 Å². The topological polar surface area (TPSA) is 78.9 Å². The normalized spacial score (nSPS) is 12.1. The van der Waals surface area contributed by atoms with Crippen LogP contribution >= 0.6 is 0 Å². The molecule has 0 saturated carbocycles. The molecule has 0 rings (SSSR count). The Morgan fingerprint density at radius 3 is 0.836 bits per heavy atom. The maximum absolute atomic E-state index is 12.8. The van der Waals surface area contributed by atoms with Gasteiger partial charge < -0.3 is 14.2 Å². The molecule has 0 fully saturated rings. The van der Waals surface area contributed by atoms with Crippen LogP contribution in [0.1, 0.15) is 329 Å². The van der Waals surface area contributed by atoms with Gasteiger partial charge in [-0.25, -0.2) is 0 Å². The Kier molecular flexibility index (Phi) is 54.7. The SMILES string of the molecule is CCCCCC/C=C\C/C=C\CCCCCCCCCC(=O)OC(COC(=O)CCCCCCCCCC)COC(=O)CCCCCCCCCCCCCCCCCCCCCCCCC. The van der Waals surface area contributed by atoms with Crippen molar-refractivity contribution < 1.29 is 28.6 Å². The zero-order chi connectivity index (χ0) is 48.6. The minimum absolute atomic E-state index is 0.0695. The van der Waals surface area contributed by atoms with Gasteiger partial charge >= 0.3 is 17.9 Å². The van der Waals surface area contributed by atoms with Crippen molar-refractivity contribution in [3.8, 4) is 0 Å². The van der Waals surface area contributed by atoms with Gasteiger partial charge in [0.1, 0.15) is 13.2 Å². The Balaban J connectivity index is 4.16. The van der Waals surface area contributed by atoms with Crippen molar-refractivity contribution in [2.24, 2.45) is 0 Å². The van der Waals surface area contributed by atoms with E-state index in [9.17, 15) is 14.4 Å². The van der Waals surface area contributed by atoms with E-state index >= 15 is 0 Å². The van der Waals surface area contributed by atoms with Crippen molar-refractivity contribution >= 4 is 17.9 Å². The van der Waals surface area contributed by atoms with Crippen LogP contribution in [0.2, 0.25) is 0 Å². The van der Waals surface area contributed by atoms with Crippen LogP contribution in [0.15, 0.2) is 24.3 Å². The van der Waals surface area contributed by atoms with E-state index in [1.807, 2.05) is 0 Å². The lowest BCUT2D eigenvalue weighted by molar-refractivity contribution is -0.167. The number of unbranched alkanes of at least 4 members (excludes halogenated alkanes) is 40. The van der Waals surface area contributed by atoms with E-state index in [2.05, 4.69) is 45.1 Å². The van der Waals surface area contributed by atoms with Crippen LogP contribution in [0.25, 0.3) is 0 Å². The van der Waals surface area contributed by atoms with Gasteiger partial charge in [-0.15, -0.1) is 0 Å². The standard InChI is InChI=1S/C61H114O6/c1-4-7-10-13-16-19-21-23-25-27-29-30-31-32-33-35-36-38-40-42-45-48-51-54-60(63)66-57-58(56-65-59(62)53-50-47-44-18-15-12-9-6-3)67-61(64)55-52-49-46-43-41-39-37-34-28-26-24-22-20-17-14-11-8-5-2/h20,22,26,28,58H,4-19,21,23-25,27,29-57H2,1-3H3/b22-20-,28-26-.